The average molecular weight is 285 g/mol. The zero-order valence-corrected chi connectivity index (χ0v) is 10.7. The number of aromatic hydroxyl groups is 4. The Kier molecular flexibility index (Phi) is 2.91. The molecule has 1 aromatic heterocycles. The van der Waals surface area contributed by atoms with Crippen LogP contribution in [0, 0.1) is 0 Å². The predicted molar refractivity (Wildman–Crippen MR) is 74.0 cm³/mol. The molecule has 0 amide bonds. The van der Waals surface area contributed by atoms with Gasteiger partial charge in [-0.25, -0.2) is 0 Å². The van der Waals surface area contributed by atoms with E-state index in [1.54, 1.807) is 18.2 Å². The Morgan fingerprint density at radius 2 is 1.24 bits per heavy atom. The van der Waals surface area contributed by atoms with Crippen molar-refractivity contribution in [1.82, 2.24) is 5.16 Å². The summed E-state index contributed by atoms with van der Waals surface area (Å²) in [5.74, 6) is -0.548. The van der Waals surface area contributed by atoms with E-state index >= 15 is 0 Å². The summed E-state index contributed by atoms with van der Waals surface area (Å²) in [5.41, 5.74) is 1.59. The molecule has 2 aromatic carbocycles. The summed E-state index contributed by atoms with van der Waals surface area (Å²) in [6, 6.07) is 10.2. The van der Waals surface area contributed by atoms with E-state index in [0.29, 0.717) is 22.6 Å². The third-order valence-corrected chi connectivity index (χ3v) is 3.04. The van der Waals surface area contributed by atoms with Gasteiger partial charge in [0.25, 0.3) is 0 Å². The van der Waals surface area contributed by atoms with Gasteiger partial charge in [-0.15, -0.1) is 0 Å². The highest BCUT2D eigenvalue weighted by Gasteiger charge is 2.12. The third-order valence-electron chi connectivity index (χ3n) is 3.04. The second-order valence-electron chi connectivity index (χ2n) is 4.48. The molecule has 0 spiro atoms. The molecule has 0 aliphatic heterocycles. The second kappa shape index (κ2) is 4.75. The average Bonchev–Trinajstić information content (AvgIpc) is 2.94. The van der Waals surface area contributed by atoms with Gasteiger partial charge in [0.05, 0.1) is 0 Å². The molecule has 0 unspecified atom stereocenters. The van der Waals surface area contributed by atoms with Crippen LogP contribution in [0.5, 0.6) is 23.0 Å². The molecular formula is C15H11NO5. The normalized spacial score (nSPS) is 10.7. The molecule has 0 aliphatic rings. The van der Waals surface area contributed by atoms with Crippen LogP contribution >= 0.6 is 0 Å². The fourth-order valence-electron chi connectivity index (χ4n) is 1.91. The van der Waals surface area contributed by atoms with Crippen molar-refractivity contribution < 1.29 is 24.9 Å². The van der Waals surface area contributed by atoms with Gasteiger partial charge in [0.1, 0.15) is 5.69 Å². The van der Waals surface area contributed by atoms with Crippen LogP contribution in [0.15, 0.2) is 47.0 Å². The summed E-state index contributed by atoms with van der Waals surface area (Å²) < 4.78 is 5.18. The fraction of sp³-hybridized carbons (Fsp3) is 0. The lowest BCUT2D eigenvalue weighted by atomic mass is 10.1. The number of aromatic nitrogens is 1. The number of nitrogens with zero attached hydrogens (tertiary/aromatic N) is 1. The lowest BCUT2D eigenvalue weighted by molar-refractivity contribution is 0.402. The Morgan fingerprint density at radius 1 is 0.667 bits per heavy atom. The van der Waals surface area contributed by atoms with Gasteiger partial charge in [-0.2, -0.15) is 0 Å². The van der Waals surface area contributed by atoms with Crippen LogP contribution in [0.25, 0.3) is 22.6 Å². The highest BCUT2D eigenvalue weighted by atomic mass is 16.5. The highest BCUT2D eigenvalue weighted by molar-refractivity contribution is 5.69. The summed E-state index contributed by atoms with van der Waals surface area (Å²) in [6.07, 6.45) is 0. The van der Waals surface area contributed by atoms with Gasteiger partial charge in [-0.1, -0.05) is 5.16 Å². The smallest absolute Gasteiger partial charge is 0.167 e. The molecule has 0 radical (unpaired) electrons. The van der Waals surface area contributed by atoms with Crippen molar-refractivity contribution in [3.63, 3.8) is 0 Å². The largest absolute Gasteiger partial charge is 0.504 e. The molecule has 21 heavy (non-hydrogen) atoms. The predicted octanol–water partition coefficient (Wildman–Crippen LogP) is 2.83. The maximum atomic E-state index is 9.48. The molecule has 0 atom stereocenters. The molecule has 1 heterocycles. The topological polar surface area (TPSA) is 107 Å². The minimum atomic E-state index is -0.257. The Labute approximate surface area is 119 Å². The van der Waals surface area contributed by atoms with Crippen LogP contribution in [0.4, 0.5) is 0 Å². The summed E-state index contributed by atoms with van der Waals surface area (Å²) in [4.78, 5) is 0. The molecular weight excluding hydrogens is 274 g/mol. The summed E-state index contributed by atoms with van der Waals surface area (Å²) in [6.45, 7) is 0. The molecule has 4 N–H and O–H groups in total. The molecule has 106 valence electrons. The molecule has 0 saturated heterocycles. The van der Waals surface area contributed by atoms with Gasteiger partial charge >= 0.3 is 0 Å². The number of phenolic OH excluding ortho intramolecular Hbond substituents is 4. The quantitative estimate of drug-likeness (QED) is 0.539. The highest BCUT2D eigenvalue weighted by Crippen LogP contribution is 2.34. The first-order valence-corrected chi connectivity index (χ1v) is 6.06. The molecule has 0 saturated carbocycles. The van der Waals surface area contributed by atoms with Crippen molar-refractivity contribution in [1.29, 1.82) is 0 Å². The van der Waals surface area contributed by atoms with Crippen LogP contribution in [0.3, 0.4) is 0 Å². The molecule has 6 nitrogen and oxygen atoms in total. The van der Waals surface area contributed by atoms with Crippen LogP contribution < -0.4 is 0 Å². The Bertz CT molecular complexity index is 744. The lowest BCUT2D eigenvalue weighted by Gasteiger charge is -1.99. The molecule has 0 aliphatic carbocycles. The minimum Gasteiger partial charge on any atom is -0.504 e. The number of hydrogen-bond donors (Lipinski definition) is 4. The summed E-state index contributed by atoms with van der Waals surface area (Å²) in [5, 5.41) is 41.4. The van der Waals surface area contributed by atoms with E-state index < -0.39 is 0 Å². The zero-order chi connectivity index (χ0) is 15.0. The van der Waals surface area contributed by atoms with Crippen molar-refractivity contribution in [2.75, 3.05) is 0 Å². The van der Waals surface area contributed by atoms with Crippen LogP contribution in [0.2, 0.25) is 0 Å². The summed E-state index contributed by atoms with van der Waals surface area (Å²) in [7, 11) is 0. The Hall–Kier alpha value is -3.15. The van der Waals surface area contributed by atoms with E-state index in [0.717, 1.165) is 0 Å². The third kappa shape index (κ3) is 2.34. The second-order valence-corrected chi connectivity index (χ2v) is 4.48. The maximum absolute atomic E-state index is 9.48. The van der Waals surface area contributed by atoms with Crippen molar-refractivity contribution in [3.8, 4) is 45.6 Å². The Balaban J connectivity index is 1.99. The lowest BCUT2D eigenvalue weighted by Crippen LogP contribution is -1.77. The number of benzene rings is 2. The van der Waals surface area contributed by atoms with E-state index in [9.17, 15) is 20.4 Å². The van der Waals surface area contributed by atoms with E-state index in [2.05, 4.69) is 5.16 Å². The van der Waals surface area contributed by atoms with E-state index in [1.807, 2.05) is 0 Å². The first-order chi connectivity index (χ1) is 10.0. The zero-order valence-electron chi connectivity index (χ0n) is 10.7. The molecule has 3 aromatic rings. The number of hydrogen-bond acceptors (Lipinski definition) is 6. The molecule has 0 fully saturated rings. The van der Waals surface area contributed by atoms with Gasteiger partial charge in [0, 0.05) is 17.2 Å². The molecule has 0 bridgehead atoms. The van der Waals surface area contributed by atoms with Gasteiger partial charge in [-0.3, -0.25) is 0 Å². The van der Waals surface area contributed by atoms with Crippen molar-refractivity contribution in [3.05, 3.63) is 42.5 Å². The number of phenols is 4. The van der Waals surface area contributed by atoms with Gasteiger partial charge in [0.2, 0.25) is 0 Å². The standard InChI is InChI=1S/C15H11NO5/c17-11-3-1-8(5-13(11)19)10-7-15(21-16-10)9-2-4-12(18)14(20)6-9/h1-7,17-20H. The fourth-order valence-corrected chi connectivity index (χ4v) is 1.91. The van der Waals surface area contributed by atoms with E-state index in [-0.39, 0.29) is 23.0 Å². The van der Waals surface area contributed by atoms with Crippen LogP contribution in [-0.2, 0) is 0 Å². The molecule has 3 rings (SSSR count). The first kappa shape index (κ1) is 12.9. The monoisotopic (exact) mass is 285 g/mol. The van der Waals surface area contributed by atoms with E-state index in [1.165, 1.54) is 24.3 Å². The van der Waals surface area contributed by atoms with Crippen LogP contribution in [0.1, 0.15) is 0 Å². The SMILES string of the molecule is Oc1ccc(-c2cc(-c3ccc(O)c(O)c3)on2)cc1O. The van der Waals surface area contributed by atoms with Crippen molar-refractivity contribution in [2.24, 2.45) is 0 Å². The molecule has 6 heteroatoms. The van der Waals surface area contributed by atoms with Crippen molar-refractivity contribution in [2.45, 2.75) is 0 Å². The minimum absolute atomic E-state index is 0.217. The van der Waals surface area contributed by atoms with Gasteiger partial charge in [-0.05, 0) is 36.4 Å². The Morgan fingerprint density at radius 3 is 1.86 bits per heavy atom. The number of rotatable bonds is 2. The summed E-state index contributed by atoms with van der Waals surface area (Å²) >= 11 is 0. The van der Waals surface area contributed by atoms with E-state index in [4.69, 9.17) is 4.52 Å². The first-order valence-electron chi connectivity index (χ1n) is 6.06. The van der Waals surface area contributed by atoms with Gasteiger partial charge in [0.15, 0.2) is 28.8 Å². The van der Waals surface area contributed by atoms with Gasteiger partial charge < -0.3 is 24.9 Å². The maximum Gasteiger partial charge on any atom is 0.167 e. The van der Waals surface area contributed by atoms with Crippen LogP contribution in [-0.4, -0.2) is 25.6 Å². The van der Waals surface area contributed by atoms with Crippen molar-refractivity contribution >= 4 is 0 Å².